The first-order chi connectivity index (χ1) is 14.7. The Kier molecular flexibility index (Phi) is 6.73. The van der Waals surface area contributed by atoms with Crippen molar-refractivity contribution in [3.8, 4) is 11.5 Å². The van der Waals surface area contributed by atoms with Crippen LogP contribution in [0, 0.1) is 0 Å². The number of carbonyl (C=O) groups excluding carboxylic acids is 2. The van der Waals surface area contributed by atoms with Crippen LogP contribution in [0.1, 0.15) is 0 Å². The Balaban J connectivity index is 1.88. The van der Waals surface area contributed by atoms with Gasteiger partial charge in [0.2, 0.25) is 22.0 Å². The summed E-state index contributed by atoms with van der Waals surface area (Å²) in [6.45, 7) is -0.600. The van der Waals surface area contributed by atoms with Crippen LogP contribution in [0.5, 0.6) is 11.5 Å². The van der Waals surface area contributed by atoms with Gasteiger partial charge in [0.15, 0.2) is 0 Å². The van der Waals surface area contributed by atoms with Gasteiger partial charge in [-0.2, -0.15) is 4.31 Å². The van der Waals surface area contributed by atoms with E-state index in [2.05, 4.69) is 0 Å². The molecule has 31 heavy (non-hydrogen) atoms. The molecular weight excluding hydrogens is 448 g/mol. The predicted octanol–water partition coefficient (Wildman–Crippen LogP) is 1.94. The fourth-order valence-corrected chi connectivity index (χ4v) is 4.64. The van der Waals surface area contributed by atoms with Crippen molar-refractivity contribution in [3.05, 3.63) is 47.5 Å². The number of para-hydroxylation sites is 2. The number of methoxy groups -OCH3 is 2. The average Bonchev–Trinajstić information content (AvgIpc) is 2.77. The molecule has 1 aliphatic heterocycles. The largest absolute Gasteiger partial charge is 0.495 e. The second kappa shape index (κ2) is 9.13. The van der Waals surface area contributed by atoms with Gasteiger partial charge >= 0.3 is 5.97 Å². The van der Waals surface area contributed by atoms with Crippen molar-refractivity contribution < 1.29 is 32.2 Å². The van der Waals surface area contributed by atoms with Crippen LogP contribution in [-0.2, 0) is 24.3 Å². The molecule has 3 rings (SSSR count). The Hall–Kier alpha value is -2.82. The molecule has 1 aliphatic rings. The highest BCUT2D eigenvalue weighted by molar-refractivity contribution is 7.89. The van der Waals surface area contributed by atoms with E-state index in [1.807, 2.05) is 0 Å². The third-order valence-corrected chi connectivity index (χ3v) is 6.77. The first kappa shape index (κ1) is 22.9. The molecule has 0 saturated heterocycles. The maximum Gasteiger partial charge on any atom is 0.348 e. The molecule has 0 fully saturated rings. The number of sulfonamides is 1. The minimum Gasteiger partial charge on any atom is -0.495 e. The Morgan fingerprint density at radius 3 is 2.61 bits per heavy atom. The summed E-state index contributed by atoms with van der Waals surface area (Å²) in [6, 6.07) is 10.9. The SMILES string of the molecule is COC(=O)C1CN(C(=O)CN(C)S(=O)(=O)c2cc(Cl)ccc2OC)c2ccccc2O1. The molecule has 0 spiro atoms. The first-order valence-electron chi connectivity index (χ1n) is 9.12. The average molecular weight is 469 g/mol. The zero-order valence-electron chi connectivity index (χ0n) is 17.1. The van der Waals surface area contributed by atoms with Crippen LogP contribution in [0.15, 0.2) is 47.4 Å². The zero-order valence-corrected chi connectivity index (χ0v) is 18.6. The molecule has 0 aliphatic carbocycles. The van der Waals surface area contributed by atoms with Gasteiger partial charge in [-0.1, -0.05) is 23.7 Å². The number of hydrogen-bond donors (Lipinski definition) is 0. The Labute approximate surface area is 185 Å². The number of rotatable bonds is 6. The number of carbonyl (C=O) groups is 2. The summed E-state index contributed by atoms with van der Waals surface area (Å²) in [5, 5.41) is 0.210. The number of fused-ring (bicyclic) bond motifs is 1. The molecule has 1 atom stereocenters. The van der Waals surface area contributed by atoms with Crippen molar-refractivity contribution in [3.63, 3.8) is 0 Å². The number of nitrogens with zero attached hydrogens (tertiary/aromatic N) is 2. The lowest BCUT2D eigenvalue weighted by Gasteiger charge is -2.34. The van der Waals surface area contributed by atoms with E-state index in [1.54, 1.807) is 24.3 Å². The summed E-state index contributed by atoms with van der Waals surface area (Å²) in [4.78, 5) is 26.2. The number of anilines is 1. The maximum atomic E-state index is 13.1. The molecule has 2 aromatic carbocycles. The fraction of sp³-hybridized carbons (Fsp3) is 0.300. The molecule has 1 heterocycles. The third-order valence-electron chi connectivity index (χ3n) is 4.71. The number of ether oxygens (including phenoxy) is 3. The van der Waals surface area contributed by atoms with E-state index < -0.39 is 34.5 Å². The normalized spacial score (nSPS) is 15.8. The lowest BCUT2D eigenvalue weighted by Crippen LogP contribution is -2.50. The summed E-state index contributed by atoms with van der Waals surface area (Å²) in [5.41, 5.74) is 0.429. The maximum absolute atomic E-state index is 13.1. The van der Waals surface area contributed by atoms with Crippen molar-refractivity contribution in [2.24, 2.45) is 0 Å². The second-order valence-corrected chi connectivity index (χ2v) is 9.11. The second-order valence-electron chi connectivity index (χ2n) is 6.66. The van der Waals surface area contributed by atoms with E-state index in [-0.39, 0.29) is 22.2 Å². The van der Waals surface area contributed by atoms with Gasteiger partial charge in [-0.15, -0.1) is 0 Å². The Morgan fingerprint density at radius 2 is 1.94 bits per heavy atom. The van der Waals surface area contributed by atoms with Crippen LogP contribution in [0.25, 0.3) is 0 Å². The van der Waals surface area contributed by atoms with Crippen molar-refractivity contribution in [2.75, 3.05) is 39.3 Å². The van der Waals surface area contributed by atoms with E-state index in [9.17, 15) is 18.0 Å². The van der Waals surface area contributed by atoms with Gasteiger partial charge in [-0.05, 0) is 30.3 Å². The van der Waals surface area contributed by atoms with Crippen molar-refractivity contribution in [1.82, 2.24) is 4.31 Å². The minimum atomic E-state index is -4.10. The predicted molar refractivity (Wildman–Crippen MR) is 113 cm³/mol. The first-order valence-corrected chi connectivity index (χ1v) is 10.9. The van der Waals surface area contributed by atoms with Gasteiger partial charge in [0.1, 0.15) is 16.4 Å². The van der Waals surface area contributed by atoms with Crippen LogP contribution in [0.3, 0.4) is 0 Å². The van der Waals surface area contributed by atoms with Gasteiger partial charge in [-0.25, -0.2) is 13.2 Å². The lowest BCUT2D eigenvalue weighted by atomic mass is 10.2. The number of halogens is 1. The number of likely N-dealkylation sites (N-methyl/N-ethyl adjacent to an activating group) is 1. The molecule has 0 N–H and O–H groups in total. The van der Waals surface area contributed by atoms with Crippen LogP contribution < -0.4 is 14.4 Å². The molecule has 166 valence electrons. The third kappa shape index (κ3) is 4.60. The van der Waals surface area contributed by atoms with Crippen LogP contribution in [-0.4, -0.2) is 65.1 Å². The molecule has 9 nitrogen and oxygen atoms in total. The quantitative estimate of drug-likeness (QED) is 0.597. The number of amides is 1. The molecule has 0 saturated carbocycles. The highest BCUT2D eigenvalue weighted by Gasteiger charge is 2.36. The highest BCUT2D eigenvalue weighted by atomic mass is 35.5. The topological polar surface area (TPSA) is 102 Å². The van der Waals surface area contributed by atoms with E-state index in [4.69, 9.17) is 25.8 Å². The van der Waals surface area contributed by atoms with Crippen LogP contribution in [0.2, 0.25) is 5.02 Å². The number of esters is 1. The van der Waals surface area contributed by atoms with E-state index >= 15 is 0 Å². The van der Waals surface area contributed by atoms with E-state index in [1.165, 1.54) is 44.4 Å². The van der Waals surface area contributed by atoms with Crippen molar-refractivity contribution >= 4 is 39.2 Å². The van der Waals surface area contributed by atoms with Gasteiger partial charge in [-0.3, -0.25) is 4.79 Å². The summed E-state index contributed by atoms with van der Waals surface area (Å²) in [7, 11) is -0.263. The van der Waals surface area contributed by atoms with Gasteiger partial charge in [0, 0.05) is 12.1 Å². The summed E-state index contributed by atoms with van der Waals surface area (Å²) in [5.74, 6) is -0.764. The van der Waals surface area contributed by atoms with Gasteiger partial charge in [0.05, 0.1) is 33.0 Å². The summed E-state index contributed by atoms with van der Waals surface area (Å²) in [6.07, 6.45) is -1.03. The molecule has 0 radical (unpaired) electrons. The lowest BCUT2D eigenvalue weighted by molar-refractivity contribution is -0.148. The number of benzene rings is 2. The van der Waals surface area contributed by atoms with Crippen LogP contribution >= 0.6 is 11.6 Å². The smallest absolute Gasteiger partial charge is 0.348 e. The molecule has 0 bridgehead atoms. The van der Waals surface area contributed by atoms with Gasteiger partial charge in [0.25, 0.3) is 0 Å². The van der Waals surface area contributed by atoms with Crippen LogP contribution in [0.4, 0.5) is 5.69 Å². The van der Waals surface area contributed by atoms with Gasteiger partial charge < -0.3 is 19.1 Å². The minimum absolute atomic E-state index is 0.103. The van der Waals surface area contributed by atoms with E-state index in [0.717, 1.165) is 4.31 Å². The summed E-state index contributed by atoms with van der Waals surface area (Å²) >= 11 is 5.96. The highest BCUT2D eigenvalue weighted by Crippen LogP contribution is 2.34. The molecule has 2 aromatic rings. The van der Waals surface area contributed by atoms with Crippen molar-refractivity contribution in [1.29, 1.82) is 0 Å². The molecule has 0 aromatic heterocycles. The summed E-state index contributed by atoms with van der Waals surface area (Å²) < 4.78 is 42.5. The number of hydrogen-bond acceptors (Lipinski definition) is 7. The molecule has 1 amide bonds. The Bertz CT molecular complexity index is 1110. The zero-order chi connectivity index (χ0) is 22.8. The Morgan fingerprint density at radius 1 is 1.23 bits per heavy atom. The molecule has 1 unspecified atom stereocenters. The molecular formula is C20H21ClN2O7S. The van der Waals surface area contributed by atoms with E-state index in [0.29, 0.717) is 11.4 Å². The molecule has 11 heteroatoms. The standard InChI is InChI=1S/C20H21ClN2O7S/c1-22(31(26,27)18-10-13(21)8-9-16(18)28-2)12-19(24)23-11-17(20(25)29-3)30-15-7-5-4-6-14(15)23/h4-10,17H,11-12H2,1-3H3. The van der Waals surface area contributed by atoms with Crippen molar-refractivity contribution in [2.45, 2.75) is 11.0 Å². The monoisotopic (exact) mass is 468 g/mol. The fourth-order valence-electron chi connectivity index (χ4n) is 3.11.